The molecule has 1 aliphatic heterocycles. The number of hydrogen-bond donors (Lipinski definition) is 0. The van der Waals surface area contributed by atoms with Crippen LogP contribution < -0.4 is 24.4 Å². The van der Waals surface area contributed by atoms with Gasteiger partial charge in [-0.3, -0.25) is 9.36 Å². The summed E-state index contributed by atoms with van der Waals surface area (Å²) < 4.78 is 22.4. The Morgan fingerprint density at radius 2 is 1.86 bits per heavy atom. The van der Waals surface area contributed by atoms with E-state index in [1.165, 1.54) is 11.3 Å². The molecule has 0 spiro atoms. The third-order valence-electron chi connectivity index (χ3n) is 6.71. The number of rotatable bonds is 9. The summed E-state index contributed by atoms with van der Waals surface area (Å²) in [5.41, 5.74) is 3.13. The van der Waals surface area contributed by atoms with Crippen molar-refractivity contribution < 1.29 is 19.0 Å². The maximum absolute atomic E-state index is 14.1. The number of allylic oxidation sites excluding steroid dienone is 1. The quantitative estimate of drug-likeness (QED) is 0.131. The lowest BCUT2D eigenvalue weighted by atomic mass is 9.95. The Morgan fingerprint density at radius 1 is 1.14 bits per heavy atom. The van der Waals surface area contributed by atoms with Gasteiger partial charge in [-0.05, 0) is 114 Å². The summed E-state index contributed by atoms with van der Waals surface area (Å²) in [6, 6.07) is 18.6. The zero-order valence-electron chi connectivity index (χ0n) is 24.4. The van der Waals surface area contributed by atoms with E-state index in [9.17, 15) is 9.59 Å². The Balaban J connectivity index is 1.58. The second-order valence-corrected chi connectivity index (χ2v) is 14.2. The number of halogens is 3. The molecule has 4 aromatic rings. The largest absolute Gasteiger partial charge is 0.491 e. The summed E-state index contributed by atoms with van der Waals surface area (Å²) in [7, 11) is 0. The second-order valence-electron chi connectivity index (χ2n) is 10.2. The monoisotopic (exact) mass is 850 g/mol. The van der Waals surface area contributed by atoms with E-state index in [-0.39, 0.29) is 18.3 Å². The van der Waals surface area contributed by atoms with Crippen LogP contribution in [0.5, 0.6) is 11.5 Å². The van der Waals surface area contributed by atoms with Crippen molar-refractivity contribution in [3.8, 4) is 11.5 Å². The van der Waals surface area contributed by atoms with E-state index in [2.05, 4.69) is 54.5 Å². The number of hydrogen-bond acceptors (Lipinski definition) is 7. The highest BCUT2D eigenvalue weighted by Crippen LogP contribution is 2.36. The maximum Gasteiger partial charge on any atom is 0.338 e. The van der Waals surface area contributed by atoms with Gasteiger partial charge < -0.3 is 14.2 Å². The van der Waals surface area contributed by atoms with Crippen LogP contribution >= 0.6 is 65.8 Å². The highest BCUT2D eigenvalue weighted by molar-refractivity contribution is 14.1. The molecule has 0 saturated heterocycles. The van der Waals surface area contributed by atoms with Gasteiger partial charge in [0.1, 0.15) is 24.1 Å². The number of para-hydroxylation sites is 1. The summed E-state index contributed by atoms with van der Waals surface area (Å²) >= 11 is 10.6. The Kier molecular flexibility index (Phi) is 10.5. The van der Waals surface area contributed by atoms with Gasteiger partial charge in [-0.15, -0.1) is 0 Å². The van der Waals surface area contributed by atoms with Crippen molar-refractivity contribution in [1.82, 2.24) is 4.57 Å². The molecular formula is C33H29Br2IN2O5S. The average Bonchev–Trinajstić information content (AvgIpc) is 3.26. The molecule has 3 aromatic carbocycles. The van der Waals surface area contributed by atoms with Crippen molar-refractivity contribution in [2.24, 2.45) is 4.99 Å². The van der Waals surface area contributed by atoms with E-state index in [0.29, 0.717) is 38.5 Å². The molecule has 7 nitrogen and oxygen atoms in total. The topological polar surface area (TPSA) is 79.1 Å². The van der Waals surface area contributed by atoms with Gasteiger partial charge in [0.25, 0.3) is 5.56 Å². The number of carbonyl (C=O) groups is 1. The van der Waals surface area contributed by atoms with E-state index < -0.39 is 12.0 Å². The van der Waals surface area contributed by atoms with E-state index in [1.54, 1.807) is 18.4 Å². The Morgan fingerprint density at radius 3 is 2.55 bits per heavy atom. The molecule has 44 heavy (non-hydrogen) atoms. The van der Waals surface area contributed by atoms with Crippen LogP contribution in [0, 0.1) is 3.57 Å². The van der Waals surface area contributed by atoms with Crippen LogP contribution in [0.4, 0.5) is 0 Å². The average molecular weight is 852 g/mol. The summed E-state index contributed by atoms with van der Waals surface area (Å²) in [6.45, 7) is 8.02. The molecule has 0 amide bonds. The summed E-state index contributed by atoms with van der Waals surface area (Å²) in [5.74, 6) is 0.809. The highest BCUT2D eigenvalue weighted by Gasteiger charge is 2.35. The van der Waals surface area contributed by atoms with E-state index >= 15 is 0 Å². The van der Waals surface area contributed by atoms with Crippen LogP contribution in [0.1, 0.15) is 50.4 Å². The van der Waals surface area contributed by atoms with Gasteiger partial charge in [0.15, 0.2) is 4.80 Å². The standard InChI is InChI=1S/C33H29Br2IN2O5S/c1-5-41-32(40)28-19(4)37-33-38(29(28)23-8-6-7-9-26(23)43-18(2)3)31(39)27(44-33)16-21-14-24(35)30(25(36)15-21)42-17-20-10-12-22(34)13-11-20/h6-16,18,29H,5,17H2,1-4H3/b27-16+/t29-/m1/s1. The van der Waals surface area contributed by atoms with Crippen molar-refractivity contribution in [2.45, 2.75) is 46.4 Å². The lowest BCUT2D eigenvalue weighted by Crippen LogP contribution is -2.40. The van der Waals surface area contributed by atoms with Gasteiger partial charge in [0, 0.05) is 10.0 Å². The minimum absolute atomic E-state index is 0.106. The predicted molar refractivity (Wildman–Crippen MR) is 188 cm³/mol. The third kappa shape index (κ3) is 7.05. The normalized spacial score (nSPS) is 14.8. The highest BCUT2D eigenvalue weighted by atomic mass is 127. The molecule has 228 valence electrons. The van der Waals surface area contributed by atoms with Crippen molar-refractivity contribution in [1.29, 1.82) is 0 Å². The number of thiazole rings is 1. The molecule has 1 aromatic heterocycles. The van der Waals surface area contributed by atoms with Gasteiger partial charge in [-0.2, -0.15) is 0 Å². The molecule has 11 heteroatoms. The molecule has 0 bridgehead atoms. The molecule has 0 fully saturated rings. The van der Waals surface area contributed by atoms with E-state index in [0.717, 1.165) is 29.4 Å². The fraction of sp³-hybridized carbons (Fsp3) is 0.242. The fourth-order valence-electron chi connectivity index (χ4n) is 4.84. The summed E-state index contributed by atoms with van der Waals surface area (Å²) in [6.07, 6.45) is 1.73. The predicted octanol–water partition coefficient (Wildman–Crippen LogP) is 7.29. The van der Waals surface area contributed by atoms with Crippen LogP contribution in [-0.2, 0) is 16.1 Å². The fourth-order valence-corrected chi connectivity index (χ4v) is 7.92. The Labute approximate surface area is 289 Å². The van der Waals surface area contributed by atoms with Crippen LogP contribution in [0.15, 0.2) is 90.7 Å². The van der Waals surface area contributed by atoms with Gasteiger partial charge >= 0.3 is 5.97 Å². The van der Waals surface area contributed by atoms with Crippen molar-refractivity contribution in [2.75, 3.05) is 6.61 Å². The smallest absolute Gasteiger partial charge is 0.338 e. The number of benzene rings is 3. The van der Waals surface area contributed by atoms with Gasteiger partial charge in [-0.25, -0.2) is 9.79 Å². The number of fused-ring (bicyclic) bond motifs is 1. The van der Waals surface area contributed by atoms with Crippen LogP contribution in [0.3, 0.4) is 0 Å². The number of nitrogens with zero attached hydrogens (tertiary/aromatic N) is 2. The van der Waals surface area contributed by atoms with Crippen molar-refractivity contribution in [3.63, 3.8) is 0 Å². The lowest BCUT2D eigenvalue weighted by molar-refractivity contribution is -0.139. The first kappa shape index (κ1) is 32.6. The number of carbonyl (C=O) groups excluding carboxylic acids is 1. The summed E-state index contributed by atoms with van der Waals surface area (Å²) in [4.78, 5) is 32.6. The SMILES string of the molecule is CCOC(=O)C1=C(C)N=c2s/c(=C/c3cc(Br)c(OCc4ccc(Br)cc4)c(I)c3)c(=O)n2[C@@H]1c1ccccc1OC(C)C. The van der Waals surface area contributed by atoms with Crippen LogP contribution in [0.25, 0.3) is 6.08 Å². The zero-order chi connectivity index (χ0) is 31.5. The molecule has 0 radical (unpaired) electrons. The molecule has 0 N–H and O–H groups in total. The minimum Gasteiger partial charge on any atom is -0.491 e. The Bertz CT molecular complexity index is 1910. The van der Waals surface area contributed by atoms with E-state index in [4.69, 9.17) is 19.2 Å². The van der Waals surface area contributed by atoms with Gasteiger partial charge in [-0.1, -0.05) is 57.6 Å². The van der Waals surface area contributed by atoms with Crippen LogP contribution in [-0.4, -0.2) is 23.2 Å². The number of aromatic nitrogens is 1. The van der Waals surface area contributed by atoms with E-state index in [1.807, 2.05) is 80.6 Å². The second kappa shape index (κ2) is 14.1. The molecule has 1 aliphatic rings. The molecule has 0 saturated carbocycles. The lowest BCUT2D eigenvalue weighted by Gasteiger charge is -2.26. The van der Waals surface area contributed by atoms with Gasteiger partial charge in [0.05, 0.1) is 36.6 Å². The maximum atomic E-state index is 14.1. The molecule has 1 atom stereocenters. The first-order chi connectivity index (χ1) is 21.1. The first-order valence-corrected chi connectivity index (χ1v) is 17.4. The minimum atomic E-state index is -0.761. The molecule has 2 heterocycles. The number of ether oxygens (including phenoxy) is 3. The molecular weight excluding hydrogens is 823 g/mol. The Hall–Kier alpha value is -2.74. The zero-order valence-corrected chi connectivity index (χ0v) is 30.5. The third-order valence-corrected chi connectivity index (χ3v) is 9.61. The first-order valence-electron chi connectivity index (χ1n) is 13.9. The van der Waals surface area contributed by atoms with Crippen molar-refractivity contribution >= 4 is 77.8 Å². The molecule has 0 aliphatic carbocycles. The molecule has 0 unspecified atom stereocenters. The summed E-state index contributed by atoms with van der Waals surface area (Å²) in [5, 5.41) is 0. The molecule has 5 rings (SSSR count). The van der Waals surface area contributed by atoms with Crippen molar-refractivity contribution in [3.05, 3.63) is 121 Å². The van der Waals surface area contributed by atoms with Crippen LogP contribution in [0.2, 0.25) is 0 Å². The number of esters is 1. The van der Waals surface area contributed by atoms with Gasteiger partial charge in [0.2, 0.25) is 0 Å².